The second-order valence-corrected chi connectivity index (χ2v) is 7.28. The minimum atomic E-state index is -3.51. The maximum atomic E-state index is 12.5. The fourth-order valence-electron chi connectivity index (χ4n) is 2.67. The summed E-state index contributed by atoms with van der Waals surface area (Å²) < 4.78 is 32.9. The lowest BCUT2D eigenvalue weighted by molar-refractivity contribution is 0.413. The van der Waals surface area contributed by atoms with E-state index < -0.39 is 10.0 Å². The Kier molecular flexibility index (Phi) is 5.80. The van der Waals surface area contributed by atoms with Crippen LogP contribution in [0.3, 0.4) is 0 Å². The van der Waals surface area contributed by atoms with Gasteiger partial charge in [0.25, 0.3) is 0 Å². The van der Waals surface area contributed by atoms with Crippen molar-refractivity contribution in [2.24, 2.45) is 0 Å². The molecule has 5 heteroatoms. The van der Waals surface area contributed by atoms with Crippen LogP contribution in [0.5, 0.6) is 5.75 Å². The minimum absolute atomic E-state index is 0.345. The summed E-state index contributed by atoms with van der Waals surface area (Å²) in [4.78, 5) is 0.345. The molecule has 1 N–H and O–H groups in total. The van der Waals surface area contributed by atoms with Crippen molar-refractivity contribution in [3.05, 3.63) is 59.2 Å². The molecule has 0 unspecified atom stereocenters. The van der Waals surface area contributed by atoms with Gasteiger partial charge in [0.1, 0.15) is 5.75 Å². The summed E-state index contributed by atoms with van der Waals surface area (Å²) in [5, 5.41) is 0. The van der Waals surface area contributed by atoms with Gasteiger partial charge >= 0.3 is 0 Å². The maximum absolute atomic E-state index is 12.5. The van der Waals surface area contributed by atoms with Crippen molar-refractivity contribution in [3.63, 3.8) is 0 Å². The third-order valence-corrected chi connectivity index (χ3v) is 5.48. The molecule has 2 aromatic carbocycles. The minimum Gasteiger partial charge on any atom is -0.497 e. The fraction of sp³-hybridized carbons (Fsp3) is 0.333. The normalized spacial score (nSPS) is 11.4. The molecule has 0 radical (unpaired) electrons. The van der Waals surface area contributed by atoms with Gasteiger partial charge in [-0.3, -0.25) is 0 Å². The number of aryl methyl sites for hydroxylation is 3. The van der Waals surface area contributed by atoms with Gasteiger partial charge in [0.2, 0.25) is 10.0 Å². The summed E-state index contributed by atoms with van der Waals surface area (Å²) in [5.74, 6) is 0.669. The molecule has 0 aromatic heterocycles. The summed E-state index contributed by atoms with van der Waals surface area (Å²) in [6.07, 6.45) is 1.61. The summed E-state index contributed by atoms with van der Waals surface area (Å²) >= 11 is 0. The summed E-state index contributed by atoms with van der Waals surface area (Å²) in [7, 11) is -1.93. The number of ether oxygens (including phenoxy) is 1. The van der Waals surface area contributed by atoms with Gasteiger partial charge in [-0.2, -0.15) is 0 Å². The third-order valence-electron chi connectivity index (χ3n) is 3.72. The van der Waals surface area contributed by atoms with Gasteiger partial charge in [-0.15, -0.1) is 0 Å². The Bertz CT molecular complexity index is 732. The van der Waals surface area contributed by atoms with Crippen LogP contribution in [0.15, 0.2) is 47.4 Å². The molecule has 124 valence electrons. The van der Waals surface area contributed by atoms with Crippen LogP contribution in [0.2, 0.25) is 0 Å². The molecule has 0 aliphatic carbocycles. The van der Waals surface area contributed by atoms with E-state index in [1.54, 1.807) is 33.1 Å². The van der Waals surface area contributed by atoms with E-state index in [9.17, 15) is 8.42 Å². The highest BCUT2D eigenvalue weighted by Crippen LogP contribution is 2.25. The Morgan fingerprint density at radius 3 is 2.22 bits per heavy atom. The van der Waals surface area contributed by atoms with Crippen molar-refractivity contribution in [1.29, 1.82) is 0 Å². The van der Waals surface area contributed by atoms with Crippen molar-refractivity contribution >= 4 is 10.0 Å². The van der Waals surface area contributed by atoms with Gasteiger partial charge in [-0.05, 0) is 55.5 Å². The second-order valence-electron chi connectivity index (χ2n) is 5.58. The van der Waals surface area contributed by atoms with Crippen molar-refractivity contribution in [2.45, 2.75) is 31.6 Å². The Morgan fingerprint density at radius 2 is 1.65 bits per heavy atom. The van der Waals surface area contributed by atoms with Crippen molar-refractivity contribution in [2.75, 3.05) is 13.7 Å². The zero-order chi connectivity index (χ0) is 16.9. The average Bonchev–Trinajstić information content (AvgIpc) is 2.51. The molecule has 0 aliphatic heterocycles. The fourth-order valence-corrected chi connectivity index (χ4v) is 4.19. The van der Waals surface area contributed by atoms with Gasteiger partial charge in [0.05, 0.1) is 12.0 Å². The molecule has 0 aliphatic rings. The molecule has 0 bridgehead atoms. The lowest BCUT2D eigenvalue weighted by Crippen LogP contribution is -2.26. The smallest absolute Gasteiger partial charge is 0.241 e. The van der Waals surface area contributed by atoms with Gasteiger partial charge in [-0.1, -0.05) is 30.3 Å². The molecule has 0 saturated carbocycles. The number of methoxy groups -OCH3 is 1. The highest BCUT2D eigenvalue weighted by Gasteiger charge is 2.19. The molecule has 0 saturated heterocycles. The molecule has 0 amide bonds. The first-order valence-electron chi connectivity index (χ1n) is 7.63. The van der Waals surface area contributed by atoms with Crippen LogP contribution >= 0.6 is 0 Å². The number of hydrogen-bond donors (Lipinski definition) is 1. The van der Waals surface area contributed by atoms with E-state index in [1.807, 2.05) is 30.3 Å². The topological polar surface area (TPSA) is 55.4 Å². The number of nitrogens with one attached hydrogen (secondary N) is 1. The summed E-state index contributed by atoms with van der Waals surface area (Å²) in [5.41, 5.74) is 2.60. The number of sulfonamides is 1. The van der Waals surface area contributed by atoms with Crippen LogP contribution in [0, 0.1) is 13.8 Å². The molecule has 23 heavy (non-hydrogen) atoms. The van der Waals surface area contributed by atoms with E-state index >= 15 is 0 Å². The predicted molar refractivity (Wildman–Crippen MR) is 92.4 cm³/mol. The quantitative estimate of drug-likeness (QED) is 0.792. The SMILES string of the molecule is COc1cc(C)c(S(=O)(=O)NCCCc2ccccc2)c(C)c1. The summed E-state index contributed by atoms with van der Waals surface area (Å²) in [6.45, 7) is 3.99. The Hall–Kier alpha value is -1.85. The van der Waals surface area contributed by atoms with Crippen molar-refractivity contribution < 1.29 is 13.2 Å². The number of hydrogen-bond acceptors (Lipinski definition) is 3. The predicted octanol–water partition coefficient (Wildman–Crippen LogP) is 3.22. The largest absolute Gasteiger partial charge is 0.497 e. The van der Waals surface area contributed by atoms with Gasteiger partial charge in [0.15, 0.2) is 0 Å². The molecular formula is C18H23NO3S. The van der Waals surface area contributed by atoms with Crippen molar-refractivity contribution in [3.8, 4) is 5.75 Å². The van der Waals surface area contributed by atoms with E-state index in [1.165, 1.54) is 5.56 Å². The van der Waals surface area contributed by atoms with Crippen LogP contribution in [0.4, 0.5) is 0 Å². The molecule has 2 aromatic rings. The highest BCUT2D eigenvalue weighted by molar-refractivity contribution is 7.89. The first kappa shape index (κ1) is 17.5. The maximum Gasteiger partial charge on any atom is 0.241 e. The molecule has 0 spiro atoms. The van der Waals surface area contributed by atoms with E-state index in [0.29, 0.717) is 28.3 Å². The molecule has 0 heterocycles. The van der Waals surface area contributed by atoms with Crippen LogP contribution in [0.25, 0.3) is 0 Å². The lowest BCUT2D eigenvalue weighted by Gasteiger charge is -2.13. The van der Waals surface area contributed by atoms with Crippen LogP contribution in [-0.2, 0) is 16.4 Å². The lowest BCUT2D eigenvalue weighted by atomic mass is 10.1. The second kappa shape index (κ2) is 7.62. The van der Waals surface area contributed by atoms with Crippen LogP contribution in [-0.4, -0.2) is 22.1 Å². The standard InChI is InChI=1S/C18H23NO3S/c1-14-12-17(22-3)13-15(2)18(14)23(20,21)19-11-7-10-16-8-5-4-6-9-16/h4-6,8-9,12-13,19H,7,10-11H2,1-3H3. The van der Waals surface area contributed by atoms with E-state index in [0.717, 1.165) is 12.8 Å². The monoisotopic (exact) mass is 333 g/mol. The van der Waals surface area contributed by atoms with E-state index in [4.69, 9.17) is 4.74 Å². The molecule has 4 nitrogen and oxygen atoms in total. The average molecular weight is 333 g/mol. The third kappa shape index (κ3) is 4.56. The number of benzene rings is 2. The van der Waals surface area contributed by atoms with Gasteiger partial charge < -0.3 is 4.74 Å². The first-order valence-corrected chi connectivity index (χ1v) is 9.11. The van der Waals surface area contributed by atoms with Crippen LogP contribution in [0.1, 0.15) is 23.1 Å². The number of rotatable bonds is 7. The first-order chi connectivity index (χ1) is 10.9. The zero-order valence-electron chi connectivity index (χ0n) is 13.8. The van der Waals surface area contributed by atoms with E-state index in [2.05, 4.69) is 4.72 Å². The summed E-state index contributed by atoms with van der Waals surface area (Å²) in [6, 6.07) is 13.5. The van der Waals surface area contributed by atoms with Crippen molar-refractivity contribution in [1.82, 2.24) is 4.72 Å². The molecule has 0 fully saturated rings. The zero-order valence-corrected chi connectivity index (χ0v) is 14.6. The van der Waals surface area contributed by atoms with Crippen LogP contribution < -0.4 is 9.46 Å². The molecular weight excluding hydrogens is 310 g/mol. The Labute approximate surface area is 138 Å². The Morgan fingerprint density at radius 1 is 1.04 bits per heavy atom. The Balaban J connectivity index is 2.02. The molecule has 0 atom stereocenters. The van der Waals surface area contributed by atoms with Gasteiger partial charge in [0, 0.05) is 6.54 Å². The van der Waals surface area contributed by atoms with Gasteiger partial charge in [-0.25, -0.2) is 13.1 Å². The van der Waals surface area contributed by atoms with E-state index in [-0.39, 0.29) is 0 Å². The highest BCUT2D eigenvalue weighted by atomic mass is 32.2. The molecule has 2 rings (SSSR count).